The fraction of sp³-hybridized carbons (Fsp3) is 0.500. The lowest BCUT2D eigenvalue weighted by atomic mass is 10.1. The Morgan fingerprint density at radius 3 is 2.55 bits per heavy atom. The van der Waals surface area contributed by atoms with E-state index in [2.05, 4.69) is 0 Å². The van der Waals surface area contributed by atoms with Crippen molar-refractivity contribution in [2.24, 2.45) is 0 Å². The van der Waals surface area contributed by atoms with Crippen LogP contribution >= 0.6 is 0 Å². The second-order valence-electron chi connectivity index (χ2n) is 5.29. The summed E-state index contributed by atoms with van der Waals surface area (Å²) in [6, 6.07) is 6.53. The minimum absolute atomic E-state index is 0.00947. The molecular formula is C16H22N2O4. The van der Waals surface area contributed by atoms with E-state index in [-0.39, 0.29) is 17.6 Å². The van der Waals surface area contributed by atoms with Crippen LogP contribution in [0.4, 0.5) is 0 Å². The predicted octanol–water partition coefficient (Wildman–Crippen LogP) is 1.10. The summed E-state index contributed by atoms with van der Waals surface area (Å²) in [6.07, 6.45) is 1.10. The third kappa shape index (κ3) is 3.98. The summed E-state index contributed by atoms with van der Waals surface area (Å²) in [6.45, 7) is 2.64. The van der Waals surface area contributed by atoms with E-state index < -0.39 is 0 Å². The van der Waals surface area contributed by atoms with Gasteiger partial charge < -0.3 is 19.6 Å². The summed E-state index contributed by atoms with van der Waals surface area (Å²) in [7, 11) is 1.57. The first kappa shape index (κ1) is 16.3. The molecule has 0 spiro atoms. The summed E-state index contributed by atoms with van der Waals surface area (Å²) >= 11 is 0. The molecule has 0 aliphatic carbocycles. The highest BCUT2D eigenvalue weighted by Crippen LogP contribution is 2.18. The van der Waals surface area contributed by atoms with Crippen LogP contribution in [0.15, 0.2) is 24.3 Å². The average Bonchev–Trinajstić information content (AvgIpc) is 2.78. The van der Waals surface area contributed by atoms with Gasteiger partial charge in [-0.2, -0.15) is 0 Å². The van der Waals surface area contributed by atoms with Crippen molar-refractivity contribution in [3.05, 3.63) is 29.8 Å². The Morgan fingerprint density at radius 1 is 1.14 bits per heavy atom. The molecule has 1 saturated heterocycles. The molecule has 1 aromatic carbocycles. The van der Waals surface area contributed by atoms with E-state index in [0.717, 1.165) is 6.42 Å². The minimum Gasteiger partial charge on any atom is -0.507 e. The van der Waals surface area contributed by atoms with Crippen molar-refractivity contribution in [3.63, 3.8) is 0 Å². The molecule has 120 valence electrons. The van der Waals surface area contributed by atoms with Crippen LogP contribution in [0.2, 0.25) is 0 Å². The number of rotatable bonds is 4. The van der Waals surface area contributed by atoms with Gasteiger partial charge in [0.25, 0.3) is 5.91 Å². The second-order valence-corrected chi connectivity index (χ2v) is 5.29. The number of hydrogen-bond acceptors (Lipinski definition) is 4. The molecule has 1 N–H and O–H groups in total. The van der Waals surface area contributed by atoms with Gasteiger partial charge in [-0.3, -0.25) is 9.59 Å². The maximum absolute atomic E-state index is 12.5. The number of nitrogens with zero attached hydrogens (tertiary/aromatic N) is 2. The number of ether oxygens (including phenoxy) is 1. The highest BCUT2D eigenvalue weighted by Gasteiger charge is 2.23. The maximum atomic E-state index is 12.5. The van der Waals surface area contributed by atoms with Crippen molar-refractivity contribution >= 4 is 11.8 Å². The molecule has 1 heterocycles. The largest absolute Gasteiger partial charge is 0.507 e. The Balaban J connectivity index is 1.97. The van der Waals surface area contributed by atoms with Gasteiger partial charge in [-0.1, -0.05) is 12.1 Å². The number of carbonyl (C=O) groups is 2. The van der Waals surface area contributed by atoms with E-state index in [4.69, 9.17) is 4.74 Å². The van der Waals surface area contributed by atoms with Gasteiger partial charge in [0.05, 0.1) is 18.6 Å². The second kappa shape index (κ2) is 7.79. The van der Waals surface area contributed by atoms with Crippen molar-refractivity contribution in [2.75, 3.05) is 39.9 Å². The molecule has 0 bridgehead atoms. The Labute approximate surface area is 130 Å². The van der Waals surface area contributed by atoms with Gasteiger partial charge in [0.15, 0.2) is 0 Å². The molecule has 2 rings (SSSR count). The monoisotopic (exact) mass is 306 g/mol. The maximum Gasteiger partial charge on any atom is 0.257 e. The molecule has 6 nitrogen and oxygen atoms in total. The smallest absolute Gasteiger partial charge is 0.257 e. The molecule has 22 heavy (non-hydrogen) atoms. The molecule has 0 saturated carbocycles. The lowest BCUT2D eigenvalue weighted by Gasteiger charge is -2.22. The van der Waals surface area contributed by atoms with Gasteiger partial charge in [-0.05, 0) is 18.6 Å². The molecular weight excluding hydrogens is 284 g/mol. The highest BCUT2D eigenvalue weighted by atomic mass is 16.5. The first-order chi connectivity index (χ1) is 10.6. The van der Waals surface area contributed by atoms with Crippen molar-refractivity contribution in [1.29, 1.82) is 0 Å². The Morgan fingerprint density at radius 2 is 1.82 bits per heavy atom. The average molecular weight is 306 g/mol. The Kier molecular flexibility index (Phi) is 5.77. The van der Waals surface area contributed by atoms with Crippen LogP contribution in [0.3, 0.4) is 0 Å². The summed E-state index contributed by atoms with van der Waals surface area (Å²) in [5, 5.41) is 9.79. The number of carbonyl (C=O) groups excluding carboxylic acids is 2. The first-order valence-corrected chi connectivity index (χ1v) is 7.47. The van der Waals surface area contributed by atoms with Crippen molar-refractivity contribution in [3.8, 4) is 5.75 Å². The molecule has 0 atom stereocenters. The molecule has 0 unspecified atom stereocenters. The SMILES string of the molecule is COCCC(=O)N1CCCN(C(=O)c2ccccc2O)CC1. The molecule has 2 amide bonds. The quantitative estimate of drug-likeness (QED) is 0.904. The summed E-state index contributed by atoms with van der Waals surface area (Å²) in [5.74, 6) is -0.146. The number of benzene rings is 1. The van der Waals surface area contributed by atoms with Crippen molar-refractivity contribution in [2.45, 2.75) is 12.8 Å². The fourth-order valence-corrected chi connectivity index (χ4v) is 2.54. The third-order valence-electron chi connectivity index (χ3n) is 3.79. The molecule has 6 heteroatoms. The van der Waals surface area contributed by atoms with Gasteiger partial charge in [-0.15, -0.1) is 0 Å². The highest BCUT2D eigenvalue weighted by molar-refractivity contribution is 5.96. The van der Waals surface area contributed by atoms with E-state index in [9.17, 15) is 14.7 Å². The number of amides is 2. The number of phenols is 1. The molecule has 1 aliphatic rings. The van der Waals surface area contributed by atoms with Crippen molar-refractivity contribution < 1.29 is 19.4 Å². The number of methoxy groups -OCH3 is 1. The Hall–Kier alpha value is -2.08. The molecule has 0 aromatic heterocycles. The van der Waals surface area contributed by atoms with E-state index in [1.165, 1.54) is 6.07 Å². The van der Waals surface area contributed by atoms with Crippen LogP contribution in [0, 0.1) is 0 Å². The third-order valence-corrected chi connectivity index (χ3v) is 3.79. The van der Waals surface area contributed by atoms with Gasteiger partial charge in [0, 0.05) is 33.3 Å². The number of phenolic OH excluding ortho intramolecular Hbond substituents is 1. The van der Waals surface area contributed by atoms with Crippen LogP contribution in [-0.4, -0.2) is 66.6 Å². The Bertz CT molecular complexity index is 533. The number of hydrogen-bond donors (Lipinski definition) is 1. The molecule has 1 aromatic rings. The zero-order valence-electron chi connectivity index (χ0n) is 12.8. The van der Waals surface area contributed by atoms with Crippen LogP contribution in [-0.2, 0) is 9.53 Å². The minimum atomic E-state index is -0.190. The first-order valence-electron chi connectivity index (χ1n) is 7.47. The van der Waals surface area contributed by atoms with Gasteiger partial charge in [0.1, 0.15) is 5.75 Å². The lowest BCUT2D eigenvalue weighted by molar-refractivity contribution is -0.132. The number of para-hydroxylation sites is 1. The van der Waals surface area contributed by atoms with Crippen molar-refractivity contribution in [1.82, 2.24) is 9.80 Å². The predicted molar refractivity (Wildman–Crippen MR) is 81.7 cm³/mol. The van der Waals surface area contributed by atoms with Gasteiger partial charge in [-0.25, -0.2) is 0 Å². The van der Waals surface area contributed by atoms with E-state index in [1.807, 2.05) is 0 Å². The molecule has 0 radical (unpaired) electrons. The fourth-order valence-electron chi connectivity index (χ4n) is 2.54. The van der Waals surface area contributed by atoms with Crippen LogP contribution < -0.4 is 0 Å². The van der Waals surface area contributed by atoms with Gasteiger partial charge in [0.2, 0.25) is 5.91 Å². The standard InChI is InChI=1S/C16H22N2O4/c1-22-12-7-15(20)17-8-4-9-18(11-10-17)16(21)13-5-2-3-6-14(13)19/h2-3,5-6,19H,4,7-12H2,1H3. The normalized spacial score (nSPS) is 15.5. The summed E-state index contributed by atoms with van der Waals surface area (Å²) < 4.78 is 4.93. The van der Waals surface area contributed by atoms with Crippen LogP contribution in [0.1, 0.15) is 23.2 Å². The summed E-state index contributed by atoms with van der Waals surface area (Å²) in [4.78, 5) is 27.9. The van der Waals surface area contributed by atoms with Crippen LogP contribution in [0.5, 0.6) is 5.75 Å². The lowest BCUT2D eigenvalue weighted by Crippen LogP contribution is -2.37. The number of aromatic hydroxyl groups is 1. The van der Waals surface area contributed by atoms with E-state index >= 15 is 0 Å². The van der Waals surface area contributed by atoms with Crippen LogP contribution in [0.25, 0.3) is 0 Å². The molecule has 1 aliphatic heterocycles. The summed E-state index contributed by atoms with van der Waals surface area (Å²) in [5.41, 5.74) is 0.307. The molecule has 1 fully saturated rings. The topological polar surface area (TPSA) is 70.1 Å². The van der Waals surface area contributed by atoms with Gasteiger partial charge >= 0.3 is 0 Å². The van der Waals surface area contributed by atoms with E-state index in [1.54, 1.807) is 35.1 Å². The zero-order chi connectivity index (χ0) is 15.9. The zero-order valence-corrected chi connectivity index (χ0v) is 12.8. The van der Waals surface area contributed by atoms with E-state index in [0.29, 0.717) is 44.8 Å².